The smallest absolute Gasteiger partial charge is 0.159 e. The van der Waals surface area contributed by atoms with Crippen molar-refractivity contribution >= 4 is 0 Å². The zero-order valence-corrected chi connectivity index (χ0v) is 7.59. The molecule has 2 aromatic rings. The van der Waals surface area contributed by atoms with Gasteiger partial charge in [-0.15, -0.1) is 0 Å². The molecule has 0 saturated heterocycles. The Hall–Kier alpha value is -2.15. The van der Waals surface area contributed by atoms with Gasteiger partial charge in [0.25, 0.3) is 0 Å². The van der Waals surface area contributed by atoms with Crippen molar-refractivity contribution in [2.45, 2.75) is 0 Å². The van der Waals surface area contributed by atoms with E-state index in [1.54, 1.807) is 12.3 Å². The lowest BCUT2D eigenvalue weighted by Gasteiger charge is -1.97. The molecule has 1 aromatic carbocycles. The van der Waals surface area contributed by atoms with E-state index < -0.39 is 11.6 Å². The molecule has 1 heterocycles. The Bertz CT molecular complexity index is 538. The first-order valence-electron chi connectivity index (χ1n) is 4.24. The molecule has 1 aromatic heterocycles. The summed E-state index contributed by atoms with van der Waals surface area (Å²) in [5, 5.41) is 8.58. The van der Waals surface area contributed by atoms with E-state index >= 15 is 0 Å². The van der Waals surface area contributed by atoms with Crippen molar-refractivity contribution in [3.05, 3.63) is 47.8 Å². The minimum Gasteiger partial charge on any atom is -0.353 e. The average Bonchev–Trinajstić information content (AvgIpc) is 2.70. The molecule has 15 heavy (non-hydrogen) atoms. The number of nitrogens with one attached hydrogen (secondary N) is 1. The molecular weight excluding hydrogens is 198 g/mol. The van der Waals surface area contributed by atoms with Crippen molar-refractivity contribution in [1.29, 1.82) is 5.26 Å². The molecule has 74 valence electrons. The molecule has 0 unspecified atom stereocenters. The molecule has 0 aliphatic carbocycles. The van der Waals surface area contributed by atoms with Crippen LogP contribution < -0.4 is 0 Å². The quantitative estimate of drug-likeness (QED) is 0.762. The molecule has 0 saturated carbocycles. The largest absolute Gasteiger partial charge is 0.353 e. The summed E-state index contributed by atoms with van der Waals surface area (Å²) in [7, 11) is 0. The minimum atomic E-state index is -0.896. The van der Waals surface area contributed by atoms with Gasteiger partial charge in [-0.3, -0.25) is 0 Å². The van der Waals surface area contributed by atoms with Gasteiger partial charge in [-0.25, -0.2) is 8.78 Å². The molecule has 0 aliphatic heterocycles. The number of rotatable bonds is 1. The summed E-state index contributed by atoms with van der Waals surface area (Å²) in [6.07, 6.45) is 1.57. The first kappa shape index (κ1) is 9.41. The van der Waals surface area contributed by atoms with Crippen LogP contribution in [-0.4, -0.2) is 4.98 Å². The van der Waals surface area contributed by atoms with E-state index in [1.807, 2.05) is 6.07 Å². The summed E-state index contributed by atoms with van der Waals surface area (Å²) in [5.41, 5.74) is 1.58. The molecule has 0 amide bonds. The second-order valence-corrected chi connectivity index (χ2v) is 3.04. The van der Waals surface area contributed by atoms with Crippen LogP contribution in [0, 0.1) is 23.0 Å². The summed E-state index contributed by atoms with van der Waals surface area (Å²) >= 11 is 0. The topological polar surface area (TPSA) is 39.6 Å². The van der Waals surface area contributed by atoms with Crippen molar-refractivity contribution in [2.24, 2.45) is 0 Å². The van der Waals surface area contributed by atoms with Crippen LogP contribution in [0.2, 0.25) is 0 Å². The number of nitrogens with zero attached hydrogens (tertiary/aromatic N) is 1. The zero-order chi connectivity index (χ0) is 10.8. The third-order valence-corrected chi connectivity index (χ3v) is 2.06. The Balaban J connectivity index is 2.46. The van der Waals surface area contributed by atoms with Crippen LogP contribution in [0.15, 0.2) is 30.5 Å². The van der Waals surface area contributed by atoms with Gasteiger partial charge in [0, 0.05) is 11.8 Å². The predicted octanol–water partition coefficient (Wildman–Crippen LogP) is 2.83. The molecule has 0 bridgehead atoms. The van der Waals surface area contributed by atoms with Gasteiger partial charge in [0.15, 0.2) is 11.6 Å². The highest BCUT2D eigenvalue weighted by Crippen LogP contribution is 2.21. The highest BCUT2D eigenvalue weighted by molar-refractivity contribution is 5.64. The number of hydrogen-bond acceptors (Lipinski definition) is 1. The number of halogens is 2. The van der Waals surface area contributed by atoms with E-state index in [2.05, 4.69) is 4.98 Å². The first-order valence-corrected chi connectivity index (χ1v) is 4.24. The Kier molecular flexibility index (Phi) is 2.22. The van der Waals surface area contributed by atoms with E-state index in [0.717, 1.165) is 12.1 Å². The van der Waals surface area contributed by atoms with E-state index in [-0.39, 0.29) is 0 Å². The normalized spacial score (nSPS) is 9.93. The third kappa shape index (κ3) is 1.72. The Morgan fingerprint density at radius 1 is 1.07 bits per heavy atom. The number of H-pyrrole nitrogens is 1. The number of aromatic nitrogens is 1. The third-order valence-electron chi connectivity index (χ3n) is 2.06. The van der Waals surface area contributed by atoms with Crippen LogP contribution in [0.3, 0.4) is 0 Å². The number of nitriles is 1. The zero-order valence-electron chi connectivity index (χ0n) is 7.59. The SMILES string of the molecule is N#Cc1cc(-c2ccc(F)c(F)c2)c[nH]1. The molecule has 0 aliphatic rings. The van der Waals surface area contributed by atoms with Crippen LogP contribution in [0.25, 0.3) is 11.1 Å². The van der Waals surface area contributed by atoms with Crippen LogP contribution >= 0.6 is 0 Å². The lowest BCUT2D eigenvalue weighted by Crippen LogP contribution is -1.83. The number of hydrogen-bond donors (Lipinski definition) is 1. The van der Waals surface area contributed by atoms with Gasteiger partial charge in [-0.2, -0.15) is 5.26 Å². The lowest BCUT2D eigenvalue weighted by molar-refractivity contribution is 0.509. The molecule has 2 rings (SSSR count). The lowest BCUT2D eigenvalue weighted by atomic mass is 10.1. The molecular formula is C11H6F2N2. The molecule has 0 radical (unpaired) electrons. The maximum Gasteiger partial charge on any atom is 0.159 e. The summed E-state index contributed by atoms with van der Waals surface area (Å²) < 4.78 is 25.6. The monoisotopic (exact) mass is 204 g/mol. The fraction of sp³-hybridized carbons (Fsp3) is 0. The van der Waals surface area contributed by atoms with Crippen LogP contribution in [-0.2, 0) is 0 Å². The maximum atomic E-state index is 12.9. The Labute approximate surface area is 84.8 Å². The average molecular weight is 204 g/mol. The van der Waals surface area contributed by atoms with Gasteiger partial charge in [-0.05, 0) is 23.8 Å². The highest BCUT2D eigenvalue weighted by Gasteiger charge is 2.05. The summed E-state index contributed by atoms with van der Waals surface area (Å²) in [6.45, 7) is 0. The number of aromatic amines is 1. The Morgan fingerprint density at radius 3 is 2.47 bits per heavy atom. The van der Waals surface area contributed by atoms with Crippen LogP contribution in [0.5, 0.6) is 0 Å². The molecule has 1 N–H and O–H groups in total. The van der Waals surface area contributed by atoms with Gasteiger partial charge < -0.3 is 4.98 Å². The van der Waals surface area contributed by atoms with Gasteiger partial charge in [-0.1, -0.05) is 6.07 Å². The summed E-state index contributed by atoms with van der Waals surface area (Å²) in [5.74, 6) is -1.78. The first-order chi connectivity index (χ1) is 7.20. The van der Waals surface area contributed by atoms with Gasteiger partial charge in [0.2, 0.25) is 0 Å². The standard InChI is InChI=1S/C11H6F2N2/c12-10-2-1-7(4-11(10)13)8-3-9(5-14)15-6-8/h1-4,6,15H. The van der Waals surface area contributed by atoms with E-state index in [0.29, 0.717) is 16.8 Å². The summed E-state index contributed by atoms with van der Waals surface area (Å²) in [4.78, 5) is 2.71. The Morgan fingerprint density at radius 2 is 1.87 bits per heavy atom. The molecule has 4 heteroatoms. The van der Waals surface area contributed by atoms with E-state index in [1.165, 1.54) is 6.07 Å². The van der Waals surface area contributed by atoms with Crippen LogP contribution in [0.4, 0.5) is 8.78 Å². The maximum absolute atomic E-state index is 12.9. The van der Waals surface area contributed by atoms with Crippen LogP contribution in [0.1, 0.15) is 5.69 Å². The van der Waals surface area contributed by atoms with Crippen molar-refractivity contribution in [3.63, 3.8) is 0 Å². The van der Waals surface area contributed by atoms with Crippen molar-refractivity contribution in [1.82, 2.24) is 4.98 Å². The molecule has 0 fully saturated rings. The molecule has 0 spiro atoms. The van der Waals surface area contributed by atoms with Gasteiger partial charge >= 0.3 is 0 Å². The molecule has 2 nitrogen and oxygen atoms in total. The van der Waals surface area contributed by atoms with Crippen molar-refractivity contribution in [2.75, 3.05) is 0 Å². The second-order valence-electron chi connectivity index (χ2n) is 3.04. The van der Waals surface area contributed by atoms with E-state index in [9.17, 15) is 8.78 Å². The van der Waals surface area contributed by atoms with Crippen molar-refractivity contribution < 1.29 is 8.78 Å². The minimum absolute atomic E-state index is 0.384. The highest BCUT2D eigenvalue weighted by atomic mass is 19.2. The van der Waals surface area contributed by atoms with Gasteiger partial charge in [0.1, 0.15) is 11.8 Å². The van der Waals surface area contributed by atoms with Gasteiger partial charge in [0.05, 0.1) is 0 Å². The van der Waals surface area contributed by atoms with E-state index in [4.69, 9.17) is 5.26 Å². The fourth-order valence-electron chi connectivity index (χ4n) is 1.30. The molecule has 0 atom stereocenters. The number of benzene rings is 1. The second kappa shape index (κ2) is 3.54. The fourth-order valence-corrected chi connectivity index (χ4v) is 1.30. The predicted molar refractivity (Wildman–Crippen MR) is 50.9 cm³/mol. The summed E-state index contributed by atoms with van der Waals surface area (Å²) in [6, 6.07) is 7.11. The van der Waals surface area contributed by atoms with Crippen molar-refractivity contribution in [3.8, 4) is 17.2 Å².